The quantitative estimate of drug-likeness (QED) is 0.847. The van der Waals surface area contributed by atoms with Gasteiger partial charge in [0, 0.05) is 17.5 Å². The van der Waals surface area contributed by atoms with Crippen molar-refractivity contribution in [2.75, 3.05) is 7.11 Å². The van der Waals surface area contributed by atoms with Crippen LogP contribution in [0.4, 0.5) is 0 Å². The number of carbonyl (C=O) groups excluding carboxylic acids is 3. The first-order chi connectivity index (χ1) is 10.8. The van der Waals surface area contributed by atoms with Crippen LogP contribution in [0.25, 0.3) is 0 Å². The molecule has 0 fully saturated rings. The van der Waals surface area contributed by atoms with Gasteiger partial charge in [0.25, 0.3) is 5.91 Å². The molecule has 124 valence electrons. The van der Waals surface area contributed by atoms with Crippen LogP contribution in [0, 0.1) is 5.92 Å². The van der Waals surface area contributed by atoms with Gasteiger partial charge in [-0.2, -0.15) is 0 Å². The smallest absolute Gasteiger partial charge is 0.331 e. The van der Waals surface area contributed by atoms with E-state index in [2.05, 4.69) is 5.32 Å². The molecule has 5 heteroatoms. The minimum Gasteiger partial charge on any atom is -0.467 e. The third kappa shape index (κ3) is 3.44. The van der Waals surface area contributed by atoms with Gasteiger partial charge in [0.05, 0.1) is 7.11 Å². The molecule has 0 aromatic heterocycles. The van der Waals surface area contributed by atoms with Crippen molar-refractivity contribution >= 4 is 17.7 Å². The third-order valence-corrected chi connectivity index (χ3v) is 4.16. The highest BCUT2D eigenvalue weighted by atomic mass is 16.5. The van der Waals surface area contributed by atoms with Crippen LogP contribution in [0.15, 0.2) is 18.2 Å². The maximum Gasteiger partial charge on any atom is 0.331 e. The predicted octanol–water partition coefficient (Wildman–Crippen LogP) is 2.52. The summed E-state index contributed by atoms with van der Waals surface area (Å²) in [5.74, 6) is -0.539. The van der Waals surface area contributed by atoms with Crippen molar-refractivity contribution in [3.05, 3.63) is 34.9 Å². The number of hydrogen-bond acceptors (Lipinski definition) is 4. The fourth-order valence-electron chi connectivity index (χ4n) is 3.25. The number of ether oxygens (including phenoxy) is 1. The second kappa shape index (κ2) is 6.52. The molecule has 0 heterocycles. The first-order valence-electron chi connectivity index (χ1n) is 7.84. The molecule has 23 heavy (non-hydrogen) atoms. The Labute approximate surface area is 136 Å². The van der Waals surface area contributed by atoms with Crippen molar-refractivity contribution < 1.29 is 19.1 Å². The van der Waals surface area contributed by atoms with E-state index in [1.165, 1.54) is 7.11 Å². The Kier molecular flexibility index (Phi) is 4.88. The highest BCUT2D eigenvalue weighted by Gasteiger charge is 2.37. The number of benzene rings is 1. The molecular weight excluding hydrogens is 294 g/mol. The Morgan fingerprint density at radius 2 is 2.00 bits per heavy atom. The summed E-state index contributed by atoms with van der Waals surface area (Å²) in [6, 6.07) is 5.14. The molecule has 0 aliphatic heterocycles. The first-order valence-corrected chi connectivity index (χ1v) is 7.84. The molecule has 1 aliphatic rings. The monoisotopic (exact) mass is 317 g/mol. The summed E-state index contributed by atoms with van der Waals surface area (Å²) in [5.41, 5.74) is 0.756. The number of amides is 1. The molecule has 0 saturated carbocycles. The number of esters is 1. The Hall–Kier alpha value is -2.17. The van der Waals surface area contributed by atoms with Gasteiger partial charge < -0.3 is 10.1 Å². The van der Waals surface area contributed by atoms with Gasteiger partial charge in [-0.15, -0.1) is 0 Å². The lowest BCUT2D eigenvalue weighted by molar-refractivity contribution is -0.148. The van der Waals surface area contributed by atoms with E-state index in [4.69, 9.17) is 4.74 Å². The molecule has 0 saturated heterocycles. The average Bonchev–Trinajstić information content (AvgIpc) is 2.87. The maximum atomic E-state index is 12.7. The Morgan fingerprint density at radius 3 is 2.61 bits per heavy atom. The molecular formula is C18H23NO4. The number of carbonyl (C=O) groups is 3. The Morgan fingerprint density at radius 1 is 1.30 bits per heavy atom. The van der Waals surface area contributed by atoms with Crippen molar-refractivity contribution in [2.45, 2.75) is 45.6 Å². The lowest BCUT2D eigenvalue weighted by atomic mass is 9.90. The molecule has 1 aliphatic carbocycles. The van der Waals surface area contributed by atoms with Crippen molar-refractivity contribution in [1.82, 2.24) is 5.32 Å². The second-order valence-corrected chi connectivity index (χ2v) is 6.63. The minimum atomic E-state index is -1.09. The van der Waals surface area contributed by atoms with E-state index >= 15 is 0 Å². The van der Waals surface area contributed by atoms with Crippen LogP contribution in [0.2, 0.25) is 0 Å². The zero-order chi connectivity index (χ0) is 17.2. The highest BCUT2D eigenvalue weighted by Crippen LogP contribution is 2.26. The summed E-state index contributed by atoms with van der Waals surface area (Å²) < 4.78 is 4.85. The molecule has 1 atom stereocenters. The molecule has 5 nitrogen and oxygen atoms in total. The number of fused-ring (bicyclic) bond motifs is 1. The minimum absolute atomic E-state index is 0.0626. The van der Waals surface area contributed by atoms with Crippen molar-refractivity contribution in [2.24, 2.45) is 5.92 Å². The molecule has 1 aromatic carbocycles. The number of methoxy groups -OCH3 is 1. The van der Waals surface area contributed by atoms with E-state index in [1.807, 2.05) is 13.8 Å². The van der Waals surface area contributed by atoms with Gasteiger partial charge in [-0.3, -0.25) is 9.59 Å². The predicted molar refractivity (Wildman–Crippen MR) is 86.4 cm³/mol. The van der Waals surface area contributed by atoms with Gasteiger partial charge in [-0.05, 0) is 37.3 Å². The summed E-state index contributed by atoms with van der Waals surface area (Å²) in [6.07, 6.45) is 1.47. The molecule has 1 amide bonds. The lowest BCUT2D eigenvalue weighted by Gasteiger charge is -2.30. The van der Waals surface area contributed by atoms with Gasteiger partial charge in [-0.25, -0.2) is 4.79 Å². The highest BCUT2D eigenvalue weighted by molar-refractivity contribution is 6.06. The summed E-state index contributed by atoms with van der Waals surface area (Å²) in [6.45, 7) is 5.63. The van der Waals surface area contributed by atoms with E-state index in [0.717, 1.165) is 5.56 Å². The summed E-state index contributed by atoms with van der Waals surface area (Å²) in [7, 11) is 1.31. The Balaban J connectivity index is 2.30. The van der Waals surface area contributed by atoms with Crippen LogP contribution in [0.3, 0.4) is 0 Å². The van der Waals surface area contributed by atoms with E-state index < -0.39 is 11.5 Å². The fourth-order valence-corrected chi connectivity index (χ4v) is 3.25. The third-order valence-electron chi connectivity index (χ3n) is 4.16. The van der Waals surface area contributed by atoms with Crippen LogP contribution < -0.4 is 5.32 Å². The van der Waals surface area contributed by atoms with E-state index in [1.54, 1.807) is 25.1 Å². The van der Waals surface area contributed by atoms with E-state index in [9.17, 15) is 14.4 Å². The van der Waals surface area contributed by atoms with Crippen molar-refractivity contribution in [3.8, 4) is 0 Å². The zero-order valence-electron chi connectivity index (χ0n) is 14.1. The topological polar surface area (TPSA) is 72.5 Å². The molecule has 1 N–H and O–H groups in total. The largest absolute Gasteiger partial charge is 0.467 e. The van der Waals surface area contributed by atoms with Gasteiger partial charge in [0.15, 0.2) is 5.78 Å². The summed E-state index contributed by atoms with van der Waals surface area (Å²) in [4.78, 5) is 36.6. The van der Waals surface area contributed by atoms with Crippen molar-refractivity contribution in [1.29, 1.82) is 0 Å². The number of hydrogen-bond donors (Lipinski definition) is 1. The van der Waals surface area contributed by atoms with Crippen LogP contribution in [0.5, 0.6) is 0 Å². The lowest BCUT2D eigenvalue weighted by Crippen LogP contribution is -2.53. The number of Topliss-reactive ketones (excluding diaryl/α,β-unsaturated/α-hetero) is 1. The van der Waals surface area contributed by atoms with Gasteiger partial charge >= 0.3 is 5.97 Å². The fraction of sp³-hybridized carbons (Fsp3) is 0.500. The zero-order valence-corrected chi connectivity index (χ0v) is 14.1. The van der Waals surface area contributed by atoms with E-state index in [0.29, 0.717) is 30.4 Å². The summed E-state index contributed by atoms with van der Waals surface area (Å²) in [5, 5.41) is 2.81. The van der Waals surface area contributed by atoms with Crippen LogP contribution in [-0.4, -0.2) is 30.3 Å². The number of ketones is 1. The average molecular weight is 317 g/mol. The summed E-state index contributed by atoms with van der Waals surface area (Å²) >= 11 is 0. The maximum absolute atomic E-state index is 12.7. The molecule has 2 rings (SSSR count). The standard InChI is InChI=1S/C18H23NO4/c1-11(2)10-18(3,17(22)23-4)19-16(21)14-7-5-6-13-12(14)8-9-15(13)20/h5-7,11H,8-10H2,1-4H3,(H,19,21)/t18-/m0/s1. The number of nitrogens with one attached hydrogen (secondary N) is 1. The molecule has 0 radical (unpaired) electrons. The second-order valence-electron chi connectivity index (χ2n) is 6.63. The molecule has 0 spiro atoms. The van der Waals surface area contributed by atoms with Crippen LogP contribution in [-0.2, 0) is 16.0 Å². The normalized spacial score (nSPS) is 16.0. The number of rotatable bonds is 5. The van der Waals surface area contributed by atoms with E-state index in [-0.39, 0.29) is 17.6 Å². The van der Waals surface area contributed by atoms with Crippen molar-refractivity contribution in [3.63, 3.8) is 0 Å². The van der Waals surface area contributed by atoms with Gasteiger partial charge in [0.2, 0.25) is 0 Å². The van der Waals surface area contributed by atoms with Gasteiger partial charge in [-0.1, -0.05) is 26.0 Å². The SMILES string of the molecule is COC(=O)[C@](C)(CC(C)C)NC(=O)c1cccc2c1CCC2=O. The first kappa shape index (κ1) is 17.2. The van der Waals surface area contributed by atoms with Gasteiger partial charge in [0.1, 0.15) is 5.54 Å². The Bertz CT molecular complexity index is 650. The van der Waals surface area contributed by atoms with Crippen LogP contribution in [0.1, 0.15) is 59.9 Å². The van der Waals surface area contributed by atoms with Crippen LogP contribution >= 0.6 is 0 Å². The molecule has 0 bridgehead atoms. The molecule has 0 unspecified atom stereocenters. The molecule has 1 aromatic rings.